The normalized spacial score (nSPS) is 15.7. The van der Waals surface area contributed by atoms with Gasteiger partial charge < -0.3 is 9.47 Å². The average Bonchev–Trinajstić information content (AvgIpc) is 2.88. The van der Waals surface area contributed by atoms with Gasteiger partial charge >= 0.3 is 0 Å². The van der Waals surface area contributed by atoms with E-state index in [9.17, 15) is 0 Å². The lowest BCUT2D eigenvalue weighted by atomic mass is 10.0. The van der Waals surface area contributed by atoms with E-state index in [1.54, 1.807) is 6.20 Å². The summed E-state index contributed by atoms with van der Waals surface area (Å²) in [5, 5.41) is 2.08. The molecule has 0 radical (unpaired) electrons. The highest BCUT2D eigenvalue weighted by Crippen LogP contribution is 2.33. The van der Waals surface area contributed by atoms with Gasteiger partial charge in [0.2, 0.25) is 0 Å². The largest absolute Gasteiger partial charge is 0.318 e. The lowest BCUT2D eigenvalue weighted by Gasteiger charge is -2.24. The molecule has 0 unspecified atom stereocenters. The maximum atomic E-state index is 6.26. The van der Waals surface area contributed by atoms with Crippen LogP contribution in [0.25, 0.3) is 22.7 Å². The molecule has 2 aromatic heterocycles. The smallest absolute Gasteiger partial charge is 0.0529 e. The van der Waals surface area contributed by atoms with Crippen molar-refractivity contribution in [1.82, 2.24) is 14.5 Å². The molecule has 0 aliphatic carbocycles. The third-order valence-electron chi connectivity index (χ3n) is 4.79. The number of allylic oxidation sites excluding steroid dienone is 1. The number of aromatic nitrogens is 2. The molecule has 0 bridgehead atoms. The predicted molar refractivity (Wildman–Crippen MR) is 101 cm³/mol. The summed E-state index contributed by atoms with van der Waals surface area (Å²) in [6.45, 7) is 4.18. The molecular formula is C20H20ClN3. The van der Waals surface area contributed by atoms with Gasteiger partial charge in [0.25, 0.3) is 0 Å². The number of nitrogens with zero attached hydrogens (tertiary/aromatic N) is 3. The highest BCUT2D eigenvalue weighted by atomic mass is 35.5. The third kappa shape index (κ3) is 2.64. The van der Waals surface area contributed by atoms with Crippen LogP contribution in [0.15, 0.2) is 42.7 Å². The molecule has 0 amide bonds. The Balaban J connectivity index is 1.93. The summed E-state index contributed by atoms with van der Waals surface area (Å²) in [5.74, 6) is 0. The molecule has 0 saturated heterocycles. The highest BCUT2D eigenvalue weighted by molar-refractivity contribution is 6.31. The van der Waals surface area contributed by atoms with Crippen molar-refractivity contribution in [2.75, 3.05) is 13.6 Å². The molecule has 1 aliphatic rings. The Bertz CT molecular complexity index is 925. The van der Waals surface area contributed by atoms with Crippen LogP contribution in [0.5, 0.6) is 0 Å². The van der Waals surface area contributed by atoms with Crippen molar-refractivity contribution in [2.45, 2.75) is 19.9 Å². The first-order chi connectivity index (χ1) is 11.6. The summed E-state index contributed by atoms with van der Waals surface area (Å²) in [6, 6.07) is 10.3. The van der Waals surface area contributed by atoms with Gasteiger partial charge in [0.05, 0.1) is 5.52 Å². The van der Waals surface area contributed by atoms with Crippen molar-refractivity contribution < 1.29 is 0 Å². The Morgan fingerprint density at radius 1 is 1.29 bits per heavy atom. The maximum absolute atomic E-state index is 6.26. The zero-order valence-corrected chi connectivity index (χ0v) is 14.7. The second-order valence-corrected chi connectivity index (χ2v) is 6.93. The molecule has 0 spiro atoms. The first kappa shape index (κ1) is 15.4. The minimum Gasteiger partial charge on any atom is -0.318 e. The monoisotopic (exact) mass is 337 g/mol. The molecule has 3 nitrogen and oxygen atoms in total. The first-order valence-electron chi connectivity index (χ1n) is 8.22. The molecule has 0 saturated carbocycles. The molecule has 122 valence electrons. The Hall–Kier alpha value is -2.10. The van der Waals surface area contributed by atoms with Gasteiger partial charge in [-0.2, -0.15) is 0 Å². The molecule has 0 atom stereocenters. The number of benzene rings is 1. The summed E-state index contributed by atoms with van der Waals surface area (Å²) in [6.07, 6.45) is 7.01. The number of halogens is 1. The number of hydrogen-bond acceptors (Lipinski definition) is 2. The standard InChI is InChI=1S/C20H20ClN3/c1-14(15-4-3-8-22-11-15)12-24-19-6-5-16(21)10-18(19)17-7-9-23(2)13-20(17)24/h3-6,8,10-12H,7,9,13H2,1-2H3/b14-12+. The Morgan fingerprint density at radius 3 is 2.96 bits per heavy atom. The molecule has 24 heavy (non-hydrogen) atoms. The van der Waals surface area contributed by atoms with Crippen molar-refractivity contribution in [1.29, 1.82) is 0 Å². The van der Waals surface area contributed by atoms with E-state index in [0.29, 0.717) is 0 Å². The van der Waals surface area contributed by atoms with Crippen molar-refractivity contribution in [3.8, 4) is 0 Å². The van der Waals surface area contributed by atoms with Crippen molar-refractivity contribution >= 4 is 34.3 Å². The molecule has 4 heteroatoms. The number of hydrogen-bond donors (Lipinski definition) is 0. The van der Waals surface area contributed by atoms with E-state index < -0.39 is 0 Å². The van der Waals surface area contributed by atoms with Crippen LogP contribution in [-0.2, 0) is 13.0 Å². The predicted octanol–water partition coefficient (Wildman–Crippen LogP) is 4.70. The van der Waals surface area contributed by atoms with Crippen LogP contribution in [0.1, 0.15) is 23.7 Å². The van der Waals surface area contributed by atoms with Crippen LogP contribution in [0.2, 0.25) is 5.02 Å². The fourth-order valence-corrected chi connectivity index (χ4v) is 3.68. The average molecular weight is 338 g/mol. The van der Waals surface area contributed by atoms with E-state index in [-0.39, 0.29) is 0 Å². The zero-order chi connectivity index (χ0) is 16.7. The minimum atomic E-state index is 0.800. The van der Waals surface area contributed by atoms with Crippen molar-refractivity contribution in [2.24, 2.45) is 0 Å². The van der Waals surface area contributed by atoms with E-state index in [0.717, 1.165) is 30.1 Å². The number of fused-ring (bicyclic) bond motifs is 3. The zero-order valence-electron chi connectivity index (χ0n) is 14.0. The molecular weight excluding hydrogens is 318 g/mol. The van der Waals surface area contributed by atoms with Gasteiger partial charge in [0, 0.05) is 47.8 Å². The quantitative estimate of drug-likeness (QED) is 0.676. The number of likely N-dealkylation sites (N-methyl/N-ethyl adjacent to an activating group) is 1. The number of pyridine rings is 1. The molecule has 4 rings (SSSR count). The van der Waals surface area contributed by atoms with E-state index >= 15 is 0 Å². The minimum absolute atomic E-state index is 0.800. The second-order valence-electron chi connectivity index (χ2n) is 6.50. The van der Waals surface area contributed by atoms with Crippen LogP contribution < -0.4 is 0 Å². The molecule has 1 aliphatic heterocycles. The van der Waals surface area contributed by atoms with Crippen LogP contribution >= 0.6 is 11.6 Å². The van der Waals surface area contributed by atoms with Gasteiger partial charge in [0.1, 0.15) is 0 Å². The Morgan fingerprint density at radius 2 is 2.17 bits per heavy atom. The summed E-state index contributed by atoms with van der Waals surface area (Å²) in [5.41, 5.74) is 6.37. The molecule has 0 fully saturated rings. The van der Waals surface area contributed by atoms with Gasteiger partial charge in [-0.3, -0.25) is 4.98 Å². The maximum Gasteiger partial charge on any atom is 0.0529 e. The van der Waals surface area contributed by atoms with E-state index in [2.05, 4.69) is 52.8 Å². The van der Waals surface area contributed by atoms with E-state index in [1.165, 1.54) is 27.7 Å². The van der Waals surface area contributed by atoms with Crippen molar-refractivity contribution in [3.05, 3.63) is 64.6 Å². The van der Waals surface area contributed by atoms with Crippen LogP contribution in [-0.4, -0.2) is 28.0 Å². The van der Waals surface area contributed by atoms with Gasteiger partial charge in [-0.25, -0.2) is 0 Å². The van der Waals surface area contributed by atoms with Crippen LogP contribution in [0, 0.1) is 0 Å². The van der Waals surface area contributed by atoms with E-state index in [1.807, 2.05) is 18.3 Å². The highest BCUT2D eigenvalue weighted by Gasteiger charge is 2.22. The Kier molecular flexibility index (Phi) is 3.91. The third-order valence-corrected chi connectivity index (χ3v) is 5.02. The van der Waals surface area contributed by atoms with Gasteiger partial charge in [-0.15, -0.1) is 0 Å². The summed E-state index contributed by atoms with van der Waals surface area (Å²) < 4.78 is 2.33. The van der Waals surface area contributed by atoms with Crippen LogP contribution in [0.4, 0.5) is 0 Å². The lowest BCUT2D eigenvalue weighted by molar-refractivity contribution is 0.308. The SMILES string of the molecule is C/C(=C\n1c2c(c3cc(Cl)ccc31)CCN(C)C2)c1cccnc1. The molecule has 3 heterocycles. The molecule has 0 N–H and O–H groups in total. The molecule has 3 aromatic rings. The summed E-state index contributed by atoms with van der Waals surface area (Å²) in [4.78, 5) is 6.60. The summed E-state index contributed by atoms with van der Waals surface area (Å²) >= 11 is 6.26. The van der Waals surface area contributed by atoms with Gasteiger partial charge in [0.15, 0.2) is 0 Å². The fourth-order valence-electron chi connectivity index (χ4n) is 3.51. The molecule has 1 aromatic carbocycles. The first-order valence-corrected chi connectivity index (χ1v) is 8.60. The van der Waals surface area contributed by atoms with Crippen molar-refractivity contribution in [3.63, 3.8) is 0 Å². The van der Waals surface area contributed by atoms with Crippen LogP contribution in [0.3, 0.4) is 0 Å². The van der Waals surface area contributed by atoms with Gasteiger partial charge in [-0.1, -0.05) is 17.7 Å². The lowest BCUT2D eigenvalue weighted by Crippen LogP contribution is -2.27. The van der Waals surface area contributed by atoms with Gasteiger partial charge in [-0.05, 0) is 61.4 Å². The second kappa shape index (κ2) is 6.08. The fraction of sp³-hybridized carbons (Fsp3) is 0.250. The topological polar surface area (TPSA) is 21.1 Å². The summed E-state index contributed by atoms with van der Waals surface area (Å²) in [7, 11) is 2.18. The van der Waals surface area contributed by atoms with E-state index in [4.69, 9.17) is 11.6 Å². The Labute approximate surface area is 147 Å². The number of rotatable bonds is 2.